The largest absolute Gasteiger partial charge is 0.362 e. The molecule has 100 valence electrons. The Hall–Kier alpha value is -1.68. The fourth-order valence-electron chi connectivity index (χ4n) is 1.75. The normalized spacial score (nSPS) is 12.3. The molecule has 1 heterocycles. The molecule has 0 saturated heterocycles. The fourth-order valence-corrected chi connectivity index (χ4v) is 1.93. The third-order valence-corrected chi connectivity index (χ3v) is 3.55. The molecule has 1 aromatic heterocycles. The third-order valence-electron chi connectivity index (χ3n) is 3.19. The molecule has 19 heavy (non-hydrogen) atoms. The van der Waals surface area contributed by atoms with Crippen LogP contribution in [0.4, 0.5) is 10.2 Å². The van der Waals surface area contributed by atoms with Crippen molar-refractivity contribution in [3.05, 3.63) is 51.9 Å². The van der Waals surface area contributed by atoms with Crippen molar-refractivity contribution in [2.75, 3.05) is 5.32 Å². The van der Waals surface area contributed by atoms with Crippen LogP contribution >= 0.6 is 11.6 Å². The van der Waals surface area contributed by atoms with Gasteiger partial charge in [-0.3, -0.25) is 0 Å². The maximum Gasteiger partial charge on any atom is 0.155 e. The quantitative estimate of drug-likeness (QED) is 0.921. The lowest BCUT2D eigenvalue weighted by Crippen LogP contribution is -2.10. The minimum Gasteiger partial charge on any atom is -0.362 e. The number of aromatic nitrogens is 2. The van der Waals surface area contributed by atoms with Gasteiger partial charge in [0.05, 0.1) is 6.04 Å². The lowest BCUT2D eigenvalue weighted by molar-refractivity contribution is 0.626. The Labute approximate surface area is 116 Å². The molecule has 0 aliphatic heterocycles. The molecule has 1 N–H and O–H groups in total. The Morgan fingerprint density at radius 3 is 2.37 bits per heavy atom. The highest BCUT2D eigenvalue weighted by atomic mass is 35.5. The summed E-state index contributed by atoms with van der Waals surface area (Å²) in [6.45, 7) is 5.83. The van der Waals surface area contributed by atoms with Gasteiger partial charge in [0.25, 0.3) is 0 Å². The van der Waals surface area contributed by atoms with Crippen molar-refractivity contribution in [1.82, 2.24) is 10.2 Å². The predicted octanol–water partition coefficient (Wildman–Crippen LogP) is 4.06. The van der Waals surface area contributed by atoms with Crippen LogP contribution in [-0.2, 0) is 0 Å². The van der Waals surface area contributed by atoms with Crippen molar-refractivity contribution in [1.29, 1.82) is 0 Å². The summed E-state index contributed by atoms with van der Waals surface area (Å²) in [6, 6.07) is 6.39. The third kappa shape index (κ3) is 3.01. The van der Waals surface area contributed by atoms with Gasteiger partial charge in [-0.05, 0) is 49.6 Å². The monoisotopic (exact) mass is 279 g/mol. The Morgan fingerprint density at radius 2 is 1.74 bits per heavy atom. The Balaban J connectivity index is 2.21. The number of nitrogens with one attached hydrogen (secondary N) is 1. The summed E-state index contributed by atoms with van der Waals surface area (Å²) in [5.74, 6) is 0.452. The molecular formula is C14H15ClFN3. The second kappa shape index (κ2) is 5.53. The molecule has 1 aromatic carbocycles. The first-order valence-corrected chi connectivity index (χ1v) is 6.38. The van der Waals surface area contributed by atoms with Gasteiger partial charge in [0.2, 0.25) is 0 Å². The van der Waals surface area contributed by atoms with Gasteiger partial charge in [-0.1, -0.05) is 23.7 Å². The first kappa shape index (κ1) is 13.7. The van der Waals surface area contributed by atoms with E-state index in [2.05, 4.69) is 15.5 Å². The summed E-state index contributed by atoms with van der Waals surface area (Å²) in [6.07, 6.45) is 0. The van der Waals surface area contributed by atoms with E-state index >= 15 is 0 Å². The van der Waals surface area contributed by atoms with Crippen LogP contribution in [0.5, 0.6) is 0 Å². The lowest BCUT2D eigenvalue weighted by atomic mass is 10.1. The number of hydrogen-bond donors (Lipinski definition) is 1. The molecule has 0 fully saturated rings. The maximum absolute atomic E-state index is 12.9. The van der Waals surface area contributed by atoms with Crippen LogP contribution in [0.2, 0.25) is 5.15 Å². The van der Waals surface area contributed by atoms with Gasteiger partial charge >= 0.3 is 0 Å². The van der Waals surface area contributed by atoms with E-state index in [1.54, 1.807) is 12.1 Å². The van der Waals surface area contributed by atoms with E-state index < -0.39 is 0 Å². The Kier molecular flexibility index (Phi) is 4.00. The molecule has 2 rings (SSSR count). The second-order valence-corrected chi connectivity index (χ2v) is 4.87. The first-order chi connectivity index (χ1) is 8.99. The van der Waals surface area contributed by atoms with Crippen LogP contribution in [0.3, 0.4) is 0 Å². The fraction of sp³-hybridized carbons (Fsp3) is 0.286. The average Bonchev–Trinajstić information content (AvgIpc) is 2.40. The van der Waals surface area contributed by atoms with E-state index in [4.69, 9.17) is 11.6 Å². The summed E-state index contributed by atoms with van der Waals surface area (Å²) in [5.41, 5.74) is 2.86. The standard InChI is InChI=1S/C14H15ClFN3/c1-8-9(2)14(19-18-13(8)15)17-10(3)11-4-6-12(16)7-5-11/h4-7,10H,1-3H3,(H,17,19). The number of anilines is 1. The van der Waals surface area contributed by atoms with Crippen molar-refractivity contribution in [2.24, 2.45) is 0 Å². The van der Waals surface area contributed by atoms with Crippen molar-refractivity contribution in [3.8, 4) is 0 Å². The van der Waals surface area contributed by atoms with Gasteiger partial charge in [-0.2, -0.15) is 0 Å². The van der Waals surface area contributed by atoms with Gasteiger partial charge in [0, 0.05) is 0 Å². The van der Waals surface area contributed by atoms with Gasteiger partial charge in [-0.25, -0.2) is 4.39 Å². The van der Waals surface area contributed by atoms with Crippen LogP contribution in [0.1, 0.15) is 29.7 Å². The van der Waals surface area contributed by atoms with E-state index in [1.165, 1.54) is 12.1 Å². The molecule has 5 heteroatoms. The number of rotatable bonds is 3. The van der Waals surface area contributed by atoms with Gasteiger partial charge in [-0.15, -0.1) is 10.2 Å². The predicted molar refractivity (Wildman–Crippen MR) is 75.0 cm³/mol. The SMILES string of the molecule is Cc1c(Cl)nnc(NC(C)c2ccc(F)cc2)c1C. The molecule has 1 unspecified atom stereocenters. The topological polar surface area (TPSA) is 37.8 Å². The number of benzene rings is 1. The van der Waals surface area contributed by atoms with Crippen LogP contribution in [0, 0.1) is 19.7 Å². The van der Waals surface area contributed by atoms with Crippen molar-refractivity contribution in [3.63, 3.8) is 0 Å². The zero-order valence-corrected chi connectivity index (χ0v) is 11.8. The van der Waals surface area contributed by atoms with Crippen molar-refractivity contribution >= 4 is 17.4 Å². The second-order valence-electron chi connectivity index (χ2n) is 4.51. The zero-order valence-electron chi connectivity index (χ0n) is 11.0. The number of halogens is 2. The van der Waals surface area contributed by atoms with Crippen LogP contribution in [0.25, 0.3) is 0 Å². The highest BCUT2D eigenvalue weighted by Crippen LogP contribution is 2.24. The summed E-state index contributed by atoms with van der Waals surface area (Å²) >= 11 is 5.91. The zero-order chi connectivity index (χ0) is 14.0. The molecule has 0 bridgehead atoms. The summed E-state index contributed by atoms with van der Waals surface area (Å²) in [7, 11) is 0. The van der Waals surface area contributed by atoms with Crippen LogP contribution in [-0.4, -0.2) is 10.2 Å². The highest BCUT2D eigenvalue weighted by Gasteiger charge is 2.11. The maximum atomic E-state index is 12.9. The molecule has 3 nitrogen and oxygen atoms in total. The summed E-state index contributed by atoms with van der Waals surface area (Å²) in [5, 5.41) is 11.6. The van der Waals surface area contributed by atoms with E-state index in [1.807, 2.05) is 20.8 Å². The summed E-state index contributed by atoms with van der Waals surface area (Å²) in [4.78, 5) is 0. The van der Waals surface area contributed by atoms with Crippen molar-refractivity contribution in [2.45, 2.75) is 26.8 Å². The number of nitrogens with zero attached hydrogens (tertiary/aromatic N) is 2. The molecule has 0 amide bonds. The van der Waals surface area contributed by atoms with Crippen LogP contribution < -0.4 is 5.32 Å². The molecule has 0 aliphatic rings. The molecular weight excluding hydrogens is 265 g/mol. The Bertz CT molecular complexity index is 584. The van der Waals surface area contributed by atoms with E-state index in [-0.39, 0.29) is 11.9 Å². The summed E-state index contributed by atoms with van der Waals surface area (Å²) < 4.78 is 12.9. The van der Waals surface area contributed by atoms with E-state index in [0.717, 1.165) is 16.7 Å². The van der Waals surface area contributed by atoms with Crippen LogP contribution in [0.15, 0.2) is 24.3 Å². The molecule has 0 saturated carbocycles. The van der Waals surface area contributed by atoms with E-state index in [0.29, 0.717) is 11.0 Å². The van der Waals surface area contributed by atoms with Gasteiger partial charge in [0.1, 0.15) is 5.82 Å². The Morgan fingerprint density at radius 1 is 1.11 bits per heavy atom. The minimum atomic E-state index is -0.241. The molecule has 0 radical (unpaired) electrons. The van der Waals surface area contributed by atoms with Gasteiger partial charge in [0.15, 0.2) is 11.0 Å². The lowest BCUT2D eigenvalue weighted by Gasteiger charge is -2.17. The van der Waals surface area contributed by atoms with Gasteiger partial charge < -0.3 is 5.32 Å². The van der Waals surface area contributed by atoms with Crippen molar-refractivity contribution < 1.29 is 4.39 Å². The smallest absolute Gasteiger partial charge is 0.155 e. The molecule has 1 atom stereocenters. The highest BCUT2D eigenvalue weighted by molar-refractivity contribution is 6.30. The first-order valence-electron chi connectivity index (χ1n) is 6.00. The molecule has 0 spiro atoms. The number of hydrogen-bond acceptors (Lipinski definition) is 3. The van der Waals surface area contributed by atoms with E-state index in [9.17, 15) is 4.39 Å². The minimum absolute atomic E-state index is 0.00850. The molecule has 2 aromatic rings. The molecule has 0 aliphatic carbocycles. The average molecular weight is 280 g/mol.